The summed E-state index contributed by atoms with van der Waals surface area (Å²) in [5, 5.41) is 3.35. The molecule has 1 aromatic heterocycles. The Labute approximate surface area is 112 Å². The number of fused-ring (bicyclic) bond motifs is 1. The van der Waals surface area contributed by atoms with E-state index in [4.69, 9.17) is 0 Å². The van der Waals surface area contributed by atoms with E-state index in [0.29, 0.717) is 12.0 Å². The van der Waals surface area contributed by atoms with Crippen molar-refractivity contribution in [2.45, 2.75) is 38.6 Å². The Hall–Kier alpha value is -1.55. The second-order valence-electron chi connectivity index (χ2n) is 5.71. The molecule has 0 amide bonds. The Morgan fingerprint density at radius 3 is 2.68 bits per heavy atom. The predicted octanol–water partition coefficient (Wildman–Crippen LogP) is 2.38. The molecule has 1 aromatic carbocycles. The van der Waals surface area contributed by atoms with Crippen LogP contribution in [0, 0.1) is 0 Å². The smallest absolute Gasteiger partial charge is 0.317 e. The van der Waals surface area contributed by atoms with E-state index in [1.165, 1.54) is 5.56 Å². The van der Waals surface area contributed by atoms with E-state index < -0.39 is 0 Å². The quantitative estimate of drug-likeness (QED) is 0.870. The first-order chi connectivity index (χ1) is 9.16. The van der Waals surface area contributed by atoms with Gasteiger partial charge in [-0.05, 0) is 49.5 Å². The zero-order valence-electron chi connectivity index (χ0n) is 11.6. The van der Waals surface area contributed by atoms with Crippen LogP contribution in [0.3, 0.4) is 0 Å². The molecule has 0 bridgehead atoms. The Balaban J connectivity index is 2.13. The molecule has 3 rings (SSSR count). The van der Waals surface area contributed by atoms with Crippen molar-refractivity contribution in [2.24, 2.45) is 0 Å². The van der Waals surface area contributed by atoms with E-state index in [-0.39, 0.29) is 5.69 Å². The van der Waals surface area contributed by atoms with Gasteiger partial charge in [-0.15, -0.1) is 0 Å². The molecule has 1 saturated heterocycles. The molecule has 4 nitrogen and oxygen atoms in total. The Bertz CT molecular complexity index is 632. The van der Waals surface area contributed by atoms with Crippen LogP contribution in [-0.4, -0.2) is 22.6 Å². The molecule has 0 aliphatic carbocycles. The molecule has 102 valence electrons. The summed E-state index contributed by atoms with van der Waals surface area (Å²) < 4.78 is 1.96. The lowest BCUT2D eigenvalue weighted by molar-refractivity contribution is 0.368. The SMILES string of the molecule is CC(C)c1ccc2[nH]c(=O)n(C3CCNCC3)c2c1. The minimum atomic E-state index is 0.0304. The fourth-order valence-electron chi connectivity index (χ4n) is 2.93. The van der Waals surface area contributed by atoms with Gasteiger partial charge in [0.15, 0.2) is 0 Å². The van der Waals surface area contributed by atoms with Crippen LogP contribution in [0.5, 0.6) is 0 Å². The lowest BCUT2D eigenvalue weighted by Crippen LogP contribution is -2.33. The average molecular weight is 259 g/mol. The van der Waals surface area contributed by atoms with Crippen molar-refractivity contribution in [1.82, 2.24) is 14.9 Å². The highest BCUT2D eigenvalue weighted by Crippen LogP contribution is 2.24. The summed E-state index contributed by atoms with van der Waals surface area (Å²) in [6.45, 7) is 6.35. The lowest BCUT2D eigenvalue weighted by Gasteiger charge is -2.24. The molecule has 1 fully saturated rings. The minimum Gasteiger partial charge on any atom is -0.317 e. The normalized spacial score (nSPS) is 17.4. The van der Waals surface area contributed by atoms with E-state index in [9.17, 15) is 4.79 Å². The monoisotopic (exact) mass is 259 g/mol. The van der Waals surface area contributed by atoms with Crippen molar-refractivity contribution >= 4 is 11.0 Å². The van der Waals surface area contributed by atoms with Gasteiger partial charge in [-0.3, -0.25) is 4.57 Å². The minimum absolute atomic E-state index is 0.0304. The van der Waals surface area contributed by atoms with Crippen LogP contribution in [0.4, 0.5) is 0 Å². The molecule has 0 radical (unpaired) electrons. The van der Waals surface area contributed by atoms with Crippen LogP contribution in [-0.2, 0) is 0 Å². The second-order valence-corrected chi connectivity index (χ2v) is 5.71. The van der Waals surface area contributed by atoms with Crippen molar-refractivity contribution < 1.29 is 0 Å². The topological polar surface area (TPSA) is 49.8 Å². The number of nitrogens with zero attached hydrogens (tertiary/aromatic N) is 1. The maximum atomic E-state index is 12.2. The molecule has 0 spiro atoms. The molecule has 2 aromatic rings. The van der Waals surface area contributed by atoms with Crippen molar-refractivity contribution in [3.8, 4) is 0 Å². The molecule has 1 aliphatic rings. The van der Waals surface area contributed by atoms with Crippen LogP contribution in [0.25, 0.3) is 11.0 Å². The zero-order chi connectivity index (χ0) is 13.4. The molecule has 0 saturated carbocycles. The largest absolute Gasteiger partial charge is 0.326 e. The molecule has 19 heavy (non-hydrogen) atoms. The number of nitrogens with one attached hydrogen (secondary N) is 2. The summed E-state index contributed by atoms with van der Waals surface area (Å²) in [7, 11) is 0. The van der Waals surface area contributed by atoms with Crippen LogP contribution in [0.2, 0.25) is 0 Å². The summed E-state index contributed by atoms with van der Waals surface area (Å²) >= 11 is 0. The van der Waals surface area contributed by atoms with Crippen LogP contribution < -0.4 is 11.0 Å². The fourth-order valence-corrected chi connectivity index (χ4v) is 2.93. The van der Waals surface area contributed by atoms with Gasteiger partial charge in [-0.1, -0.05) is 19.9 Å². The van der Waals surface area contributed by atoms with E-state index >= 15 is 0 Å². The third-order valence-corrected chi connectivity index (χ3v) is 4.08. The van der Waals surface area contributed by atoms with Gasteiger partial charge in [0.2, 0.25) is 0 Å². The molecule has 2 N–H and O–H groups in total. The molecular weight excluding hydrogens is 238 g/mol. The molecule has 2 heterocycles. The number of piperidine rings is 1. The Morgan fingerprint density at radius 2 is 2.00 bits per heavy atom. The van der Waals surface area contributed by atoms with Crippen molar-refractivity contribution in [1.29, 1.82) is 0 Å². The Morgan fingerprint density at radius 1 is 1.26 bits per heavy atom. The summed E-state index contributed by atoms with van der Waals surface area (Å²) in [5.74, 6) is 0.482. The van der Waals surface area contributed by atoms with Gasteiger partial charge in [0, 0.05) is 6.04 Å². The van der Waals surface area contributed by atoms with Gasteiger partial charge in [0.1, 0.15) is 0 Å². The lowest BCUT2D eigenvalue weighted by atomic mass is 10.0. The summed E-state index contributed by atoms with van der Waals surface area (Å²) in [6.07, 6.45) is 2.05. The summed E-state index contributed by atoms with van der Waals surface area (Å²) in [4.78, 5) is 15.2. The van der Waals surface area contributed by atoms with Crippen LogP contribution in [0.1, 0.15) is 44.2 Å². The third kappa shape index (κ3) is 2.21. The Kier molecular flexibility index (Phi) is 3.19. The number of aromatic amines is 1. The fraction of sp³-hybridized carbons (Fsp3) is 0.533. The predicted molar refractivity (Wildman–Crippen MR) is 77.8 cm³/mol. The highest BCUT2D eigenvalue weighted by Gasteiger charge is 2.19. The third-order valence-electron chi connectivity index (χ3n) is 4.08. The first-order valence-electron chi connectivity index (χ1n) is 7.11. The number of hydrogen-bond donors (Lipinski definition) is 2. The number of aromatic nitrogens is 2. The van der Waals surface area contributed by atoms with Crippen LogP contribution >= 0.6 is 0 Å². The van der Waals surface area contributed by atoms with E-state index in [2.05, 4.69) is 36.3 Å². The van der Waals surface area contributed by atoms with Gasteiger partial charge in [-0.25, -0.2) is 4.79 Å². The zero-order valence-corrected chi connectivity index (χ0v) is 11.6. The molecule has 1 aliphatic heterocycles. The summed E-state index contributed by atoms with van der Waals surface area (Å²) in [6, 6.07) is 6.63. The highest BCUT2D eigenvalue weighted by atomic mass is 16.1. The molecule has 4 heteroatoms. The summed E-state index contributed by atoms with van der Waals surface area (Å²) in [5.41, 5.74) is 3.33. The molecular formula is C15H21N3O. The van der Waals surface area contributed by atoms with Gasteiger partial charge in [0.25, 0.3) is 0 Å². The standard InChI is InChI=1S/C15H21N3O/c1-10(2)11-3-4-13-14(9-11)18(15(19)17-13)12-5-7-16-8-6-12/h3-4,9-10,12,16H,5-8H2,1-2H3,(H,17,19). The maximum Gasteiger partial charge on any atom is 0.326 e. The van der Waals surface area contributed by atoms with Gasteiger partial charge >= 0.3 is 5.69 Å². The molecule has 0 atom stereocenters. The van der Waals surface area contributed by atoms with Crippen molar-refractivity contribution in [2.75, 3.05) is 13.1 Å². The van der Waals surface area contributed by atoms with E-state index in [0.717, 1.165) is 37.0 Å². The maximum absolute atomic E-state index is 12.2. The number of rotatable bonds is 2. The number of imidazole rings is 1. The highest BCUT2D eigenvalue weighted by molar-refractivity contribution is 5.76. The second kappa shape index (κ2) is 4.85. The number of hydrogen-bond acceptors (Lipinski definition) is 2. The van der Waals surface area contributed by atoms with Gasteiger partial charge < -0.3 is 10.3 Å². The van der Waals surface area contributed by atoms with Crippen LogP contribution in [0.15, 0.2) is 23.0 Å². The molecule has 0 unspecified atom stereocenters. The number of benzene rings is 1. The van der Waals surface area contributed by atoms with Crippen molar-refractivity contribution in [3.63, 3.8) is 0 Å². The number of H-pyrrole nitrogens is 1. The van der Waals surface area contributed by atoms with Gasteiger partial charge in [-0.2, -0.15) is 0 Å². The van der Waals surface area contributed by atoms with E-state index in [1.54, 1.807) is 0 Å². The average Bonchev–Trinajstić information content (AvgIpc) is 2.74. The van der Waals surface area contributed by atoms with Gasteiger partial charge in [0.05, 0.1) is 11.0 Å². The first kappa shape index (κ1) is 12.5. The van der Waals surface area contributed by atoms with Crippen molar-refractivity contribution in [3.05, 3.63) is 34.2 Å². The van der Waals surface area contributed by atoms with E-state index in [1.807, 2.05) is 10.6 Å². The first-order valence-corrected chi connectivity index (χ1v) is 7.11.